The molecule has 0 unspecified atom stereocenters. The van der Waals surface area contributed by atoms with Crippen LogP contribution in [0.3, 0.4) is 0 Å². The lowest BCUT2D eigenvalue weighted by atomic mass is 9.86. The van der Waals surface area contributed by atoms with Gasteiger partial charge < -0.3 is 10.1 Å². The molecule has 1 fully saturated rings. The Hall–Kier alpha value is -2.70. The van der Waals surface area contributed by atoms with Gasteiger partial charge in [0.1, 0.15) is 5.71 Å². The third-order valence-corrected chi connectivity index (χ3v) is 5.06. The number of benzene rings is 1. The minimum Gasteiger partial charge on any atom is -0.451 e. The summed E-state index contributed by atoms with van der Waals surface area (Å²) in [6.07, 6.45) is 4.75. The Bertz CT molecular complexity index is 732. The highest BCUT2D eigenvalue weighted by molar-refractivity contribution is 6.38. The van der Waals surface area contributed by atoms with Crippen molar-refractivity contribution in [1.29, 1.82) is 0 Å². The number of para-hydroxylation sites is 1. The standard InChI is InChI=1S/C20H25N3O4/c1-14-7-5-6-10-16(14)21-18(24)13-27-20(26)17-11-12-19(25)23(22-17)15-8-3-2-4-9-15/h2-4,8-9,14,16H,5-7,10-13H2,1H3,(H,21,24)/t14-,16-/m1/s1. The Labute approximate surface area is 158 Å². The van der Waals surface area contributed by atoms with Crippen LogP contribution in [0.25, 0.3) is 0 Å². The Morgan fingerprint density at radius 1 is 1.19 bits per heavy atom. The van der Waals surface area contributed by atoms with E-state index >= 15 is 0 Å². The van der Waals surface area contributed by atoms with Gasteiger partial charge in [0.25, 0.3) is 5.91 Å². The Morgan fingerprint density at radius 3 is 2.67 bits per heavy atom. The lowest BCUT2D eigenvalue weighted by Crippen LogP contribution is -2.43. The third-order valence-electron chi connectivity index (χ3n) is 5.06. The molecule has 1 aliphatic carbocycles. The second kappa shape index (κ2) is 8.79. The van der Waals surface area contributed by atoms with Crippen molar-refractivity contribution in [2.24, 2.45) is 11.0 Å². The van der Waals surface area contributed by atoms with Crippen molar-refractivity contribution in [1.82, 2.24) is 5.32 Å². The van der Waals surface area contributed by atoms with Gasteiger partial charge in [-0.25, -0.2) is 9.80 Å². The molecule has 1 saturated carbocycles. The topological polar surface area (TPSA) is 88.1 Å². The van der Waals surface area contributed by atoms with Crippen molar-refractivity contribution in [2.75, 3.05) is 11.6 Å². The van der Waals surface area contributed by atoms with Crippen LogP contribution in [-0.4, -0.2) is 36.1 Å². The third kappa shape index (κ3) is 4.93. The number of anilines is 1. The van der Waals surface area contributed by atoms with Gasteiger partial charge in [0.15, 0.2) is 6.61 Å². The van der Waals surface area contributed by atoms with E-state index in [2.05, 4.69) is 17.3 Å². The van der Waals surface area contributed by atoms with E-state index in [4.69, 9.17) is 4.74 Å². The molecule has 7 heteroatoms. The van der Waals surface area contributed by atoms with Crippen LogP contribution in [-0.2, 0) is 19.1 Å². The fourth-order valence-electron chi connectivity index (χ4n) is 3.47. The van der Waals surface area contributed by atoms with Gasteiger partial charge in [-0.15, -0.1) is 0 Å². The fraction of sp³-hybridized carbons (Fsp3) is 0.500. The minimum atomic E-state index is -0.657. The van der Waals surface area contributed by atoms with Gasteiger partial charge in [0, 0.05) is 18.9 Å². The van der Waals surface area contributed by atoms with E-state index in [1.807, 2.05) is 6.07 Å². The van der Waals surface area contributed by atoms with Crippen LogP contribution in [0.15, 0.2) is 35.4 Å². The summed E-state index contributed by atoms with van der Waals surface area (Å²) < 4.78 is 5.12. The number of nitrogens with zero attached hydrogens (tertiary/aromatic N) is 2. The fourth-order valence-corrected chi connectivity index (χ4v) is 3.47. The number of amides is 2. The van der Waals surface area contributed by atoms with Crippen molar-refractivity contribution in [3.05, 3.63) is 30.3 Å². The number of carbonyl (C=O) groups excluding carboxylic acids is 3. The van der Waals surface area contributed by atoms with E-state index in [1.54, 1.807) is 24.3 Å². The number of rotatable bonds is 5. The first-order valence-corrected chi connectivity index (χ1v) is 9.46. The number of esters is 1. The SMILES string of the molecule is C[C@@H]1CCCC[C@H]1NC(=O)COC(=O)C1=NN(c2ccccc2)C(=O)CC1. The van der Waals surface area contributed by atoms with Gasteiger partial charge in [-0.3, -0.25) is 9.59 Å². The number of hydrazone groups is 1. The van der Waals surface area contributed by atoms with Crippen LogP contribution >= 0.6 is 0 Å². The average molecular weight is 371 g/mol. The highest BCUT2D eigenvalue weighted by Gasteiger charge is 2.27. The van der Waals surface area contributed by atoms with Crippen molar-refractivity contribution in [3.63, 3.8) is 0 Å². The molecule has 2 amide bonds. The molecule has 27 heavy (non-hydrogen) atoms. The second-order valence-corrected chi connectivity index (χ2v) is 7.10. The molecule has 144 valence electrons. The zero-order valence-corrected chi connectivity index (χ0v) is 15.5. The minimum absolute atomic E-state index is 0.142. The molecule has 1 aromatic carbocycles. The molecule has 0 radical (unpaired) electrons. The summed E-state index contributed by atoms with van der Waals surface area (Å²) in [7, 11) is 0. The number of hydrogen-bond acceptors (Lipinski definition) is 5. The zero-order valence-electron chi connectivity index (χ0n) is 15.5. The van der Waals surface area contributed by atoms with E-state index in [-0.39, 0.29) is 43.0 Å². The van der Waals surface area contributed by atoms with Crippen molar-refractivity contribution in [2.45, 2.75) is 51.5 Å². The highest BCUT2D eigenvalue weighted by atomic mass is 16.5. The average Bonchev–Trinajstić information content (AvgIpc) is 2.69. The molecule has 7 nitrogen and oxygen atoms in total. The molecule has 0 spiro atoms. The molecule has 1 N–H and O–H groups in total. The maximum Gasteiger partial charge on any atom is 0.355 e. The molecule has 0 saturated heterocycles. The van der Waals surface area contributed by atoms with Gasteiger partial charge in [0.05, 0.1) is 5.69 Å². The van der Waals surface area contributed by atoms with E-state index in [9.17, 15) is 14.4 Å². The van der Waals surface area contributed by atoms with Gasteiger partial charge in [-0.05, 0) is 30.9 Å². The van der Waals surface area contributed by atoms with E-state index in [1.165, 1.54) is 11.4 Å². The van der Waals surface area contributed by atoms with Gasteiger partial charge in [-0.1, -0.05) is 38.0 Å². The van der Waals surface area contributed by atoms with Crippen LogP contribution in [0, 0.1) is 5.92 Å². The van der Waals surface area contributed by atoms with E-state index < -0.39 is 5.97 Å². The molecule has 1 aliphatic heterocycles. The predicted octanol–water partition coefficient (Wildman–Crippen LogP) is 2.41. The van der Waals surface area contributed by atoms with Gasteiger partial charge in [0.2, 0.25) is 5.91 Å². The summed E-state index contributed by atoms with van der Waals surface area (Å²) in [5.74, 6) is -0.696. The summed E-state index contributed by atoms with van der Waals surface area (Å²) in [5, 5.41) is 8.29. The molecule has 2 atom stereocenters. The van der Waals surface area contributed by atoms with E-state index in [0.29, 0.717) is 11.6 Å². The lowest BCUT2D eigenvalue weighted by Gasteiger charge is -2.29. The summed E-state index contributed by atoms with van der Waals surface area (Å²) >= 11 is 0. The summed E-state index contributed by atoms with van der Waals surface area (Å²) in [6.45, 7) is 1.79. The monoisotopic (exact) mass is 371 g/mol. The van der Waals surface area contributed by atoms with Crippen molar-refractivity contribution < 1.29 is 19.1 Å². The highest BCUT2D eigenvalue weighted by Crippen LogP contribution is 2.23. The molecular weight excluding hydrogens is 346 g/mol. The summed E-state index contributed by atoms with van der Waals surface area (Å²) in [6, 6.07) is 9.05. The maximum atomic E-state index is 12.3. The quantitative estimate of drug-likeness (QED) is 0.805. The first kappa shape index (κ1) is 19.1. The maximum absolute atomic E-state index is 12.3. The molecule has 1 heterocycles. The smallest absolute Gasteiger partial charge is 0.355 e. The molecule has 2 aliphatic rings. The van der Waals surface area contributed by atoms with Crippen LogP contribution < -0.4 is 10.3 Å². The predicted molar refractivity (Wildman–Crippen MR) is 101 cm³/mol. The number of ether oxygens (including phenoxy) is 1. The molecular formula is C20H25N3O4. The molecule has 0 aromatic heterocycles. The second-order valence-electron chi connectivity index (χ2n) is 7.10. The van der Waals surface area contributed by atoms with Gasteiger partial charge >= 0.3 is 5.97 Å². The first-order chi connectivity index (χ1) is 13.0. The first-order valence-electron chi connectivity index (χ1n) is 9.46. The number of hydrogen-bond donors (Lipinski definition) is 1. The Balaban J connectivity index is 1.55. The normalized spacial score (nSPS) is 22.8. The molecule has 0 bridgehead atoms. The van der Waals surface area contributed by atoms with E-state index in [0.717, 1.165) is 19.3 Å². The molecule has 1 aromatic rings. The lowest BCUT2D eigenvalue weighted by molar-refractivity contribution is -0.142. The van der Waals surface area contributed by atoms with Crippen LogP contribution in [0.2, 0.25) is 0 Å². The Kier molecular flexibility index (Phi) is 6.21. The van der Waals surface area contributed by atoms with Crippen LogP contribution in [0.4, 0.5) is 5.69 Å². The van der Waals surface area contributed by atoms with Crippen molar-refractivity contribution in [3.8, 4) is 0 Å². The summed E-state index contributed by atoms with van der Waals surface area (Å²) in [5.41, 5.74) is 0.744. The Morgan fingerprint density at radius 2 is 1.93 bits per heavy atom. The number of carbonyl (C=O) groups is 3. The number of nitrogens with one attached hydrogen (secondary N) is 1. The zero-order chi connectivity index (χ0) is 19.2. The molecule has 3 rings (SSSR count). The van der Waals surface area contributed by atoms with Crippen LogP contribution in [0.1, 0.15) is 45.4 Å². The van der Waals surface area contributed by atoms with Crippen LogP contribution in [0.5, 0.6) is 0 Å². The largest absolute Gasteiger partial charge is 0.451 e. The summed E-state index contributed by atoms with van der Waals surface area (Å²) in [4.78, 5) is 36.4. The van der Waals surface area contributed by atoms with Crippen molar-refractivity contribution >= 4 is 29.2 Å². The van der Waals surface area contributed by atoms with Gasteiger partial charge in [-0.2, -0.15) is 5.10 Å².